The summed E-state index contributed by atoms with van der Waals surface area (Å²) in [6, 6.07) is 7.40. The fourth-order valence-electron chi connectivity index (χ4n) is 3.63. The molecule has 1 unspecified atom stereocenters. The zero-order valence-corrected chi connectivity index (χ0v) is 12.3. The topological polar surface area (TPSA) is 38.0 Å². The van der Waals surface area contributed by atoms with E-state index in [-0.39, 0.29) is 0 Å². The molecule has 0 aliphatic heterocycles. The average Bonchev–Trinajstić information content (AvgIpc) is 2.95. The first kappa shape index (κ1) is 13.8. The van der Waals surface area contributed by atoms with Gasteiger partial charge in [-0.15, -0.1) is 0 Å². The van der Waals surface area contributed by atoms with Gasteiger partial charge in [-0.05, 0) is 74.5 Å². The molecule has 1 atom stereocenters. The molecule has 3 N–H and O–H groups in total. The Morgan fingerprint density at radius 3 is 2.70 bits per heavy atom. The lowest BCUT2D eigenvalue weighted by Gasteiger charge is -2.20. The predicted octanol–water partition coefficient (Wildman–Crippen LogP) is 3.44. The summed E-state index contributed by atoms with van der Waals surface area (Å²) >= 11 is 0. The molecule has 3 rings (SSSR count). The van der Waals surface area contributed by atoms with Crippen molar-refractivity contribution in [1.82, 2.24) is 5.43 Å². The van der Waals surface area contributed by atoms with Crippen molar-refractivity contribution in [3.8, 4) is 0 Å². The molecule has 2 heteroatoms. The fourth-order valence-corrected chi connectivity index (χ4v) is 3.63. The predicted molar refractivity (Wildman–Crippen MR) is 84.5 cm³/mol. The maximum atomic E-state index is 5.77. The highest BCUT2D eigenvalue weighted by molar-refractivity contribution is 5.35. The van der Waals surface area contributed by atoms with Gasteiger partial charge in [0.1, 0.15) is 0 Å². The summed E-state index contributed by atoms with van der Waals surface area (Å²) in [5, 5.41) is 0. The molecule has 1 aromatic rings. The number of fused-ring (bicyclic) bond motifs is 1. The van der Waals surface area contributed by atoms with E-state index >= 15 is 0 Å². The number of aryl methyl sites for hydroxylation is 2. The van der Waals surface area contributed by atoms with Gasteiger partial charge in [0, 0.05) is 6.04 Å². The largest absolute Gasteiger partial charge is 0.271 e. The lowest BCUT2D eigenvalue weighted by Crippen LogP contribution is -2.37. The summed E-state index contributed by atoms with van der Waals surface area (Å²) < 4.78 is 0. The van der Waals surface area contributed by atoms with E-state index in [1.54, 1.807) is 16.7 Å². The molecule has 108 valence electrons. The molecule has 0 amide bonds. The van der Waals surface area contributed by atoms with Crippen molar-refractivity contribution in [3.05, 3.63) is 46.5 Å². The van der Waals surface area contributed by atoms with Gasteiger partial charge in [-0.25, -0.2) is 0 Å². The van der Waals surface area contributed by atoms with E-state index in [1.807, 2.05) is 0 Å². The number of hydrogen-bond donors (Lipinski definition) is 2. The van der Waals surface area contributed by atoms with Gasteiger partial charge in [0.15, 0.2) is 0 Å². The molecule has 20 heavy (non-hydrogen) atoms. The molecule has 0 saturated carbocycles. The number of nitrogens with two attached hydrogens (primary N) is 1. The molecule has 0 saturated heterocycles. The Morgan fingerprint density at radius 1 is 1.00 bits per heavy atom. The van der Waals surface area contributed by atoms with E-state index in [0.29, 0.717) is 6.04 Å². The Labute approximate surface area is 122 Å². The highest BCUT2D eigenvalue weighted by Gasteiger charge is 2.15. The first-order chi connectivity index (χ1) is 9.85. The molecule has 0 radical (unpaired) electrons. The van der Waals surface area contributed by atoms with Crippen molar-refractivity contribution in [2.75, 3.05) is 0 Å². The van der Waals surface area contributed by atoms with Gasteiger partial charge in [-0.2, -0.15) is 0 Å². The summed E-state index contributed by atoms with van der Waals surface area (Å²) in [5.41, 5.74) is 9.18. The van der Waals surface area contributed by atoms with Crippen molar-refractivity contribution in [2.45, 2.75) is 63.8 Å². The second-order valence-corrected chi connectivity index (χ2v) is 6.34. The monoisotopic (exact) mass is 270 g/mol. The van der Waals surface area contributed by atoms with Crippen LogP contribution in [0, 0.1) is 0 Å². The maximum Gasteiger partial charge on any atom is 0.0288 e. The molecule has 0 fully saturated rings. The summed E-state index contributed by atoms with van der Waals surface area (Å²) in [6.45, 7) is 0. The van der Waals surface area contributed by atoms with Crippen molar-refractivity contribution >= 4 is 0 Å². The summed E-state index contributed by atoms with van der Waals surface area (Å²) in [5.74, 6) is 5.77. The van der Waals surface area contributed by atoms with Crippen LogP contribution in [0.1, 0.15) is 55.2 Å². The second kappa shape index (κ2) is 6.55. The minimum Gasteiger partial charge on any atom is -0.271 e. The summed E-state index contributed by atoms with van der Waals surface area (Å²) in [6.07, 6.45) is 13.6. The third-order valence-electron chi connectivity index (χ3n) is 4.77. The van der Waals surface area contributed by atoms with Crippen molar-refractivity contribution in [1.29, 1.82) is 0 Å². The zero-order valence-electron chi connectivity index (χ0n) is 12.3. The SMILES string of the molecule is NNC(CC1=CCCCC1)Cc1ccc2c(c1)CCC2. The lowest BCUT2D eigenvalue weighted by molar-refractivity contribution is 0.504. The zero-order chi connectivity index (χ0) is 13.8. The minimum atomic E-state index is 0.374. The molecule has 2 aliphatic carbocycles. The Kier molecular flexibility index (Phi) is 4.54. The van der Waals surface area contributed by atoms with Crippen LogP contribution in [-0.4, -0.2) is 6.04 Å². The molecule has 0 spiro atoms. The fraction of sp³-hybridized carbons (Fsp3) is 0.556. The van der Waals surface area contributed by atoms with Crippen molar-refractivity contribution in [3.63, 3.8) is 0 Å². The van der Waals surface area contributed by atoms with Crippen LogP contribution in [0.25, 0.3) is 0 Å². The third kappa shape index (κ3) is 3.31. The first-order valence-corrected chi connectivity index (χ1v) is 8.10. The van der Waals surface area contributed by atoms with E-state index in [0.717, 1.165) is 12.8 Å². The standard InChI is InChI=1S/C18H26N2/c19-20-18(12-14-5-2-1-3-6-14)13-15-9-10-16-7-4-8-17(16)11-15/h5,9-11,18,20H,1-4,6-8,12-13,19H2. The van der Waals surface area contributed by atoms with Gasteiger partial charge < -0.3 is 0 Å². The Hall–Kier alpha value is -1.12. The van der Waals surface area contributed by atoms with Crippen LogP contribution >= 0.6 is 0 Å². The first-order valence-electron chi connectivity index (χ1n) is 8.10. The van der Waals surface area contributed by atoms with Gasteiger partial charge in [0.25, 0.3) is 0 Å². The van der Waals surface area contributed by atoms with Gasteiger partial charge in [-0.3, -0.25) is 11.3 Å². The summed E-state index contributed by atoms with van der Waals surface area (Å²) in [7, 11) is 0. The Bertz CT molecular complexity index is 490. The van der Waals surface area contributed by atoms with Crippen LogP contribution in [0.5, 0.6) is 0 Å². The number of nitrogens with one attached hydrogen (secondary N) is 1. The van der Waals surface area contributed by atoms with Crippen LogP contribution in [0.2, 0.25) is 0 Å². The lowest BCUT2D eigenvalue weighted by atomic mass is 9.91. The quantitative estimate of drug-likeness (QED) is 0.488. The third-order valence-corrected chi connectivity index (χ3v) is 4.77. The highest BCUT2D eigenvalue weighted by atomic mass is 15.2. The van der Waals surface area contributed by atoms with E-state index in [9.17, 15) is 0 Å². The summed E-state index contributed by atoms with van der Waals surface area (Å²) in [4.78, 5) is 0. The van der Waals surface area contributed by atoms with E-state index in [1.165, 1.54) is 50.5 Å². The molecular formula is C18H26N2. The van der Waals surface area contributed by atoms with E-state index in [2.05, 4.69) is 29.7 Å². The maximum absolute atomic E-state index is 5.77. The number of allylic oxidation sites excluding steroid dienone is 1. The molecule has 2 aliphatic rings. The molecular weight excluding hydrogens is 244 g/mol. The molecule has 0 aromatic heterocycles. The molecule has 1 aromatic carbocycles. The molecule has 0 bridgehead atoms. The Balaban J connectivity index is 1.63. The van der Waals surface area contributed by atoms with Crippen molar-refractivity contribution < 1.29 is 0 Å². The van der Waals surface area contributed by atoms with E-state index in [4.69, 9.17) is 5.84 Å². The van der Waals surface area contributed by atoms with Crippen LogP contribution in [-0.2, 0) is 19.3 Å². The Morgan fingerprint density at radius 2 is 1.90 bits per heavy atom. The number of hydrogen-bond acceptors (Lipinski definition) is 2. The second-order valence-electron chi connectivity index (χ2n) is 6.34. The van der Waals surface area contributed by atoms with Crippen molar-refractivity contribution in [2.24, 2.45) is 5.84 Å². The molecule has 0 heterocycles. The molecule has 2 nitrogen and oxygen atoms in total. The van der Waals surface area contributed by atoms with Crippen LogP contribution in [0.4, 0.5) is 0 Å². The van der Waals surface area contributed by atoms with Gasteiger partial charge in [-0.1, -0.05) is 29.8 Å². The van der Waals surface area contributed by atoms with Crippen LogP contribution in [0.3, 0.4) is 0 Å². The van der Waals surface area contributed by atoms with Crippen LogP contribution in [0.15, 0.2) is 29.8 Å². The number of hydrazine groups is 1. The smallest absolute Gasteiger partial charge is 0.0288 e. The van der Waals surface area contributed by atoms with Gasteiger partial charge >= 0.3 is 0 Å². The van der Waals surface area contributed by atoms with Gasteiger partial charge in [0.05, 0.1) is 0 Å². The number of rotatable bonds is 5. The van der Waals surface area contributed by atoms with E-state index < -0.39 is 0 Å². The normalized spacial score (nSPS) is 19.6. The van der Waals surface area contributed by atoms with Crippen LogP contribution < -0.4 is 11.3 Å². The minimum absolute atomic E-state index is 0.374. The highest BCUT2D eigenvalue weighted by Crippen LogP contribution is 2.25. The van der Waals surface area contributed by atoms with Gasteiger partial charge in [0.2, 0.25) is 0 Å². The number of benzene rings is 1. The average molecular weight is 270 g/mol.